The van der Waals surface area contributed by atoms with E-state index < -0.39 is 30.6 Å². The van der Waals surface area contributed by atoms with Gasteiger partial charge in [0.1, 0.15) is 35.0 Å². The highest BCUT2D eigenvalue weighted by molar-refractivity contribution is 5.73. The standard InChI is InChI=1S/C15H20N4O5/c1-9(20)18-12-14(22)13(21)11(7-17-19-16)24-15(12)23-8-10-5-3-2-4-6-10/h2-6,11-16,21-22H,7-8H2,1H3/p+1. The van der Waals surface area contributed by atoms with Crippen molar-refractivity contribution in [1.82, 2.24) is 10.2 Å². The molecule has 4 N–H and O–H groups in total. The molecule has 1 fully saturated rings. The van der Waals surface area contributed by atoms with Crippen molar-refractivity contribution >= 4 is 5.91 Å². The van der Waals surface area contributed by atoms with E-state index >= 15 is 0 Å². The van der Waals surface area contributed by atoms with Crippen molar-refractivity contribution in [2.45, 2.75) is 44.2 Å². The van der Waals surface area contributed by atoms with Crippen molar-refractivity contribution < 1.29 is 24.5 Å². The van der Waals surface area contributed by atoms with Crippen LogP contribution in [0.4, 0.5) is 0 Å². The number of carbonyl (C=O) groups is 1. The summed E-state index contributed by atoms with van der Waals surface area (Å²) in [4.78, 5) is 14.2. The van der Waals surface area contributed by atoms with Gasteiger partial charge in [0.2, 0.25) is 10.8 Å². The molecule has 9 heteroatoms. The van der Waals surface area contributed by atoms with E-state index in [-0.39, 0.29) is 19.1 Å². The summed E-state index contributed by atoms with van der Waals surface area (Å²) in [6.07, 6.45) is -4.45. The van der Waals surface area contributed by atoms with Gasteiger partial charge < -0.3 is 25.0 Å². The summed E-state index contributed by atoms with van der Waals surface area (Å²) in [5.41, 5.74) is 7.58. The Balaban J connectivity index is 2.11. The molecule has 9 nitrogen and oxygen atoms in total. The highest BCUT2D eigenvalue weighted by atomic mass is 16.7. The van der Waals surface area contributed by atoms with Crippen LogP contribution >= 0.6 is 0 Å². The summed E-state index contributed by atoms with van der Waals surface area (Å²) in [7, 11) is 0. The third-order valence-electron chi connectivity index (χ3n) is 3.66. The first-order chi connectivity index (χ1) is 11.5. The highest BCUT2D eigenvalue weighted by Crippen LogP contribution is 2.23. The van der Waals surface area contributed by atoms with Gasteiger partial charge in [-0.1, -0.05) is 30.3 Å². The lowest BCUT2D eigenvalue weighted by molar-refractivity contribution is -0.265. The molecule has 0 spiro atoms. The average molecular weight is 337 g/mol. The van der Waals surface area contributed by atoms with Crippen LogP contribution in [0.15, 0.2) is 35.4 Å². The molecule has 0 radical (unpaired) electrons. The number of hydrogen-bond acceptors (Lipinski definition) is 7. The number of carbonyl (C=O) groups excluding carboxylic acids is 1. The SMILES string of the molecule is CC(=O)NC1C(OCc2ccccc2)OC(CN=[N+]=N)C(O)C1O. The first-order valence-corrected chi connectivity index (χ1v) is 7.50. The molecule has 130 valence electrons. The average Bonchev–Trinajstić information content (AvgIpc) is 2.58. The molecule has 24 heavy (non-hydrogen) atoms. The van der Waals surface area contributed by atoms with Gasteiger partial charge in [0, 0.05) is 6.92 Å². The van der Waals surface area contributed by atoms with Crippen LogP contribution in [0, 0.1) is 5.53 Å². The third kappa shape index (κ3) is 4.67. The van der Waals surface area contributed by atoms with Crippen molar-refractivity contribution in [1.29, 1.82) is 5.53 Å². The zero-order valence-electron chi connectivity index (χ0n) is 13.2. The molecule has 5 atom stereocenters. The number of nitrogens with one attached hydrogen (secondary N) is 2. The van der Waals surface area contributed by atoms with Crippen LogP contribution < -0.4 is 10.2 Å². The Morgan fingerprint density at radius 2 is 2.08 bits per heavy atom. The number of ether oxygens (including phenoxy) is 2. The van der Waals surface area contributed by atoms with Gasteiger partial charge in [0.05, 0.1) is 6.61 Å². The van der Waals surface area contributed by atoms with E-state index in [9.17, 15) is 15.0 Å². The number of benzene rings is 1. The van der Waals surface area contributed by atoms with E-state index in [1.54, 1.807) is 0 Å². The molecule has 5 unspecified atom stereocenters. The molecule has 1 aromatic rings. The minimum absolute atomic E-state index is 0.0975. The van der Waals surface area contributed by atoms with Crippen molar-refractivity contribution in [3.05, 3.63) is 35.9 Å². The molecular formula is C15H21N4O5+. The maximum Gasteiger partial charge on any atom is 0.217 e. The minimum Gasteiger partial charge on any atom is -0.388 e. The number of amides is 1. The summed E-state index contributed by atoms with van der Waals surface area (Å²) in [5, 5.41) is 26.4. The van der Waals surface area contributed by atoms with Crippen molar-refractivity contribution in [3.63, 3.8) is 0 Å². The number of aliphatic hydroxyl groups excluding tert-OH is 2. The molecule has 1 aliphatic rings. The summed E-state index contributed by atoms with van der Waals surface area (Å²) in [5.74, 6) is -0.382. The first kappa shape index (κ1) is 18.2. The second-order valence-corrected chi connectivity index (χ2v) is 5.47. The third-order valence-corrected chi connectivity index (χ3v) is 3.66. The molecule has 1 aromatic carbocycles. The van der Waals surface area contributed by atoms with Crippen molar-refractivity contribution in [3.8, 4) is 0 Å². The fourth-order valence-electron chi connectivity index (χ4n) is 2.49. The van der Waals surface area contributed by atoms with Gasteiger partial charge in [0.25, 0.3) is 0 Å². The molecule has 0 saturated carbocycles. The lowest BCUT2D eigenvalue weighted by Crippen LogP contribution is -2.64. The molecule has 0 aliphatic carbocycles. The van der Waals surface area contributed by atoms with E-state index in [2.05, 4.69) is 15.3 Å². The molecule has 1 aliphatic heterocycles. The van der Waals surface area contributed by atoms with Gasteiger partial charge in [-0.05, 0) is 5.56 Å². The molecule has 0 aromatic heterocycles. The van der Waals surface area contributed by atoms with Crippen LogP contribution in [0.5, 0.6) is 0 Å². The second-order valence-electron chi connectivity index (χ2n) is 5.47. The van der Waals surface area contributed by atoms with Gasteiger partial charge in [-0.2, -0.15) is 0 Å². The van der Waals surface area contributed by atoms with Crippen LogP contribution in [-0.2, 0) is 20.9 Å². The normalized spacial score (nSPS) is 29.5. The Bertz CT molecular complexity index is 593. The fraction of sp³-hybridized carbons (Fsp3) is 0.533. The summed E-state index contributed by atoms with van der Waals surface area (Å²) < 4.78 is 11.3. The Morgan fingerprint density at radius 3 is 2.71 bits per heavy atom. The van der Waals surface area contributed by atoms with Crippen LogP contribution in [-0.4, -0.2) is 53.3 Å². The summed E-state index contributed by atoms with van der Waals surface area (Å²) in [6.45, 7) is 1.41. The summed E-state index contributed by atoms with van der Waals surface area (Å²) in [6, 6.07) is 8.41. The lowest BCUT2D eigenvalue weighted by atomic mass is 9.96. The predicted octanol–water partition coefficient (Wildman–Crippen LogP) is -0.295. The molecular weight excluding hydrogens is 316 g/mol. The van der Waals surface area contributed by atoms with Crippen LogP contribution in [0.3, 0.4) is 0 Å². The van der Waals surface area contributed by atoms with E-state index in [0.717, 1.165) is 5.56 Å². The monoisotopic (exact) mass is 337 g/mol. The largest absolute Gasteiger partial charge is 0.388 e. The van der Waals surface area contributed by atoms with Gasteiger partial charge in [-0.3, -0.25) is 4.79 Å². The van der Waals surface area contributed by atoms with Crippen LogP contribution in [0.1, 0.15) is 12.5 Å². The Hall–Kier alpha value is -2.16. The van der Waals surface area contributed by atoms with Gasteiger partial charge >= 0.3 is 0 Å². The Labute approximate surface area is 138 Å². The van der Waals surface area contributed by atoms with E-state index in [1.165, 1.54) is 6.92 Å². The molecule has 1 amide bonds. The highest BCUT2D eigenvalue weighted by Gasteiger charge is 2.46. The number of rotatable bonds is 6. The maximum absolute atomic E-state index is 11.4. The second kappa shape index (κ2) is 8.62. The Morgan fingerprint density at radius 1 is 1.38 bits per heavy atom. The van der Waals surface area contributed by atoms with Crippen LogP contribution in [0.2, 0.25) is 0 Å². The van der Waals surface area contributed by atoms with Gasteiger partial charge in [0.15, 0.2) is 12.8 Å². The fourth-order valence-corrected chi connectivity index (χ4v) is 2.49. The molecule has 0 bridgehead atoms. The number of aliphatic hydroxyl groups is 2. The molecule has 2 rings (SSSR count). The smallest absolute Gasteiger partial charge is 0.217 e. The zero-order valence-corrected chi connectivity index (χ0v) is 13.2. The van der Waals surface area contributed by atoms with Crippen molar-refractivity contribution in [2.75, 3.05) is 6.54 Å². The molecule has 1 saturated heterocycles. The van der Waals surface area contributed by atoms with E-state index in [0.29, 0.717) is 0 Å². The number of hydrogen-bond donors (Lipinski definition) is 4. The maximum atomic E-state index is 11.4. The predicted molar refractivity (Wildman–Crippen MR) is 81.7 cm³/mol. The summed E-state index contributed by atoms with van der Waals surface area (Å²) >= 11 is 0. The number of nitrogens with zero attached hydrogens (tertiary/aromatic N) is 2. The zero-order chi connectivity index (χ0) is 17.5. The lowest BCUT2D eigenvalue weighted by Gasteiger charge is -2.41. The first-order valence-electron chi connectivity index (χ1n) is 7.50. The topological polar surface area (TPSA) is 138 Å². The van der Waals surface area contributed by atoms with E-state index in [4.69, 9.17) is 15.0 Å². The van der Waals surface area contributed by atoms with Gasteiger partial charge in [-0.25, -0.2) is 0 Å². The minimum atomic E-state index is -1.30. The quantitative estimate of drug-likeness (QED) is 0.417. The van der Waals surface area contributed by atoms with Gasteiger partial charge in [-0.15, -0.1) is 0 Å². The molecule has 1 heterocycles. The van der Waals surface area contributed by atoms with Crippen molar-refractivity contribution in [2.24, 2.45) is 5.11 Å². The van der Waals surface area contributed by atoms with E-state index in [1.807, 2.05) is 30.3 Å². The Kier molecular flexibility index (Phi) is 6.53. The van der Waals surface area contributed by atoms with Crippen LogP contribution in [0.25, 0.3) is 0 Å².